The number of methoxy groups -OCH3 is 1. The second-order valence-electron chi connectivity index (χ2n) is 8.74. The van der Waals surface area contributed by atoms with Crippen LogP contribution < -0.4 is 9.47 Å². The molecule has 0 saturated carbocycles. The van der Waals surface area contributed by atoms with Crippen LogP contribution in [0.4, 0.5) is 0 Å². The van der Waals surface area contributed by atoms with Crippen molar-refractivity contribution in [3.63, 3.8) is 0 Å². The third-order valence-electron chi connectivity index (χ3n) is 6.56. The number of aromatic nitrogens is 1. The first-order valence-electron chi connectivity index (χ1n) is 11.6. The van der Waals surface area contributed by atoms with E-state index in [-0.39, 0.29) is 11.7 Å². The van der Waals surface area contributed by atoms with Gasteiger partial charge < -0.3 is 19.4 Å². The van der Waals surface area contributed by atoms with E-state index >= 15 is 0 Å². The summed E-state index contributed by atoms with van der Waals surface area (Å²) in [4.78, 5) is 29.8. The van der Waals surface area contributed by atoms with E-state index < -0.39 is 0 Å². The molecule has 1 aliphatic rings. The Kier molecular flexibility index (Phi) is 7.02. The molecule has 2 aromatic carbocycles. The van der Waals surface area contributed by atoms with Crippen LogP contribution in [-0.2, 0) is 4.79 Å². The van der Waals surface area contributed by atoms with E-state index in [4.69, 9.17) is 9.47 Å². The van der Waals surface area contributed by atoms with Crippen LogP contribution in [0.1, 0.15) is 60.1 Å². The monoisotopic (exact) mass is 448 g/mol. The number of amides is 1. The zero-order valence-corrected chi connectivity index (χ0v) is 19.6. The number of ketones is 1. The topological polar surface area (TPSA) is 71.6 Å². The molecule has 1 saturated heterocycles. The van der Waals surface area contributed by atoms with Crippen LogP contribution in [0.5, 0.6) is 11.5 Å². The van der Waals surface area contributed by atoms with Gasteiger partial charge in [-0.15, -0.1) is 0 Å². The highest BCUT2D eigenvalue weighted by molar-refractivity contribution is 5.94. The first-order valence-corrected chi connectivity index (χ1v) is 11.6. The normalized spacial score (nSPS) is 14.5. The molecule has 0 bridgehead atoms. The summed E-state index contributed by atoms with van der Waals surface area (Å²) in [7, 11) is 1.55. The lowest BCUT2D eigenvalue weighted by Gasteiger charge is -2.32. The quantitative estimate of drug-likeness (QED) is 0.377. The van der Waals surface area contributed by atoms with Crippen LogP contribution in [0, 0.1) is 6.92 Å². The molecule has 1 aliphatic heterocycles. The zero-order valence-electron chi connectivity index (χ0n) is 19.6. The van der Waals surface area contributed by atoms with Gasteiger partial charge in [0, 0.05) is 41.7 Å². The number of nitrogens with one attached hydrogen (secondary N) is 1. The summed E-state index contributed by atoms with van der Waals surface area (Å²) in [6, 6.07) is 13.6. The van der Waals surface area contributed by atoms with E-state index in [1.165, 1.54) is 29.1 Å². The fraction of sp³-hybridized carbons (Fsp3) is 0.407. The number of para-hydroxylation sites is 1. The number of hydrogen-bond acceptors (Lipinski definition) is 4. The van der Waals surface area contributed by atoms with E-state index in [1.54, 1.807) is 25.3 Å². The lowest BCUT2D eigenvalue weighted by Crippen LogP contribution is -2.38. The summed E-state index contributed by atoms with van der Waals surface area (Å²) >= 11 is 0. The second kappa shape index (κ2) is 10.1. The van der Waals surface area contributed by atoms with Crippen LogP contribution in [0.3, 0.4) is 0 Å². The van der Waals surface area contributed by atoms with Gasteiger partial charge >= 0.3 is 0 Å². The van der Waals surface area contributed by atoms with Crippen molar-refractivity contribution in [2.75, 3.05) is 26.8 Å². The molecule has 1 N–H and O–H groups in total. The minimum atomic E-state index is -0.0194. The Morgan fingerprint density at radius 3 is 2.58 bits per heavy atom. The van der Waals surface area contributed by atoms with Crippen molar-refractivity contribution in [2.24, 2.45) is 0 Å². The van der Waals surface area contributed by atoms with Gasteiger partial charge in [0.15, 0.2) is 17.3 Å². The molecule has 2 heterocycles. The van der Waals surface area contributed by atoms with Gasteiger partial charge in [0.2, 0.25) is 5.91 Å². The maximum absolute atomic E-state index is 12.7. The molecular weight excluding hydrogens is 416 g/mol. The smallest absolute Gasteiger partial charge is 0.222 e. The molecule has 33 heavy (non-hydrogen) atoms. The number of ether oxygens (including phenoxy) is 2. The highest BCUT2D eigenvalue weighted by Crippen LogP contribution is 2.35. The van der Waals surface area contributed by atoms with Crippen LogP contribution in [0.25, 0.3) is 10.9 Å². The predicted octanol–water partition coefficient (Wildman–Crippen LogP) is 5.25. The molecule has 1 aromatic heterocycles. The molecule has 0 radical (unpaired) electrons. The molecule has 0 atom stereocenters. The lowest BCUT2D eigenvalue weighted by atomic mass is 9.87. The standard InChI is InChI=1S/C27H32N2O4/c1-18-27(22-7-4-5-8-23(22)28-18)20-12-14-29(15-13-20)26(31)9-6-16-33-24-11-10-21(19(2)30)17-25(24)32-3/h4-5,7-8,10-11,17,20,28H,6,9,12-16H2,1-3H3. The number of carbonyl (C=O) groups is 2. The molecule has 6 heteroatoms. The van der Waals surface area contributed by atoms with Gasteiger partial charge in [0.25, 0.3) is 0 Å². The molecule has 4 rings (SSSR count). The van der Waals surface area contributed by atoms with Crippen molar-refractivity contribution < 1.29 is 19.1 Å². The van der Waals surface area contributed by atoms with Crippen molar-refractivity contribution in [3.05, 3.63) is 59.3 Å². The number of likely N-dealkylation sites (tertiary alicyclic amines) is 1. The number of nitrogens with zero attached hydrogens (tertiary/aromatic N) is 1. The summed E-state index contributed by atoms with van der Waals surface area (Å²) in [5.74, 6) is 1.77. The van der Waals surface area contributed by atoms with Crippen molar-refractivity contribution in [2.45, 2.75) is 45.4 Å². The number of H-pyrrole nitrogens is 1. The fourth-order valence-corrected chi connectivity index (χ4v) is 4.81. The zero-order chi connectivity index (χ0) is 23.4. The Labute approximate surface area is 194 Å². The number of hydrogen-bond donors (Lipinski definition) is 1. The van der Waals surface area contributed by atoms with E-state index in [0.29, 0.717) is 42.4 Å². The van der Waals surface area contributed by atoms with Crippen molar-refractivity contribution in [1.29, 1.82) is 0 Å². The Morgan fingerprint density at radius 1 is 1.09 bits per heavy atom. The van der Waals surface area contributed by atoms with Crippen molar-refractivity contribution in [1.82, 2.24) is 9.88 Å². The number of carbonyl (C=O) groups excluding carboxylic acids is 2. The average Bonchev–Trinajstić information content (AvgIpc) is 3.17. The summed E-state index contributed by atoms with van der Waals surface area (Å²) in [6.07, 6.45) is 3.08. The van der Waals surface area contributed by atoms with Crippen molar-refractivity contribution >= 4 is 22.6 Å². The van der Waals surface area contributed by atoms with Crippen LogP contribution in [0.15, 0.2) is 42.5 Å². The van der Waals surface area contributed by atoms with E-state index in [2.05, 4.69) is 36.2 Å². The first kappa shape index (κ1) is 22.9. The predicted molar refractivity (Wildman–Crippen MR) is 129 cm³/mol. The van der Waals surface area contributed by atoms with Crippen LogP contribution >= 0.6 is 0 Å². The number of aryl methyl sites for hydroxylation is 1. The number of rotatable bonds is 8. The third-order valence-corrected chi connectivity index (χ3v) is 6.56. The van der Waals surface area contributed by atoms with Crippen molar-refractivity contribution in [3.8, 4) is 11.5 Å². The fourth-order valence-electron chi connectivity index (χ4n) is 4.81. The largest absolute Gasteiger partial charge is 0.493 e. The maximum Gasteiger partial charge on any atom is 0.222 e. The molecule has 1 amide bonds. The molecule has 174 valence electrons. The third kappa shape index (κ3) is 5.05. The first-order chi connectivity index (χ1) is 16.0. The van der Waals surface area contributed by atoms with Gasteiger partial charge in [0.1, 0.15) is 0 Å². The van der Waals surface area contributed by atoms with E-state index in [0.717, 1.165) is 25.9 Å². The summed E-state index contributed by atoms with van der Waals surface area (Å²) in [5.41, 5.74) is 4.43. The Balaban J connectivity index is 1.25. The highest BCUT2D eigenvalue weighted by atomic mass is 16.5. The second-order valence-corrected chi connectivity index (χ2v) is 8.74. The maximum atomic E-state index is 12.7. The number of fused-ring (bicyclic) bond motifs is 1. The number of aromatic amines is 1. The molecule has 0 aliphatic carbocycles. The molecule has 1 fully saturated rings. The molecule has 6 nitrogen and oxygen atoms in total. The SMILES string of the molecule is COc1cc(C(C)=O)ccc1OCCCC(=O)N1CCC(c2c(C)[nH]c3ccccc23)CC1. The van der Waals surface area contributed by atoms with Gasteiger partial charge in [-0.25, -0.2) is 0 Å². The molecule has 0 spiro atoms. The Hall–Kier alpha value is -3.28. The highest BCUT2D eigenvalue weighted by Gasteiger charge is 2.26. The van der Waals surface area contributed by atoms with Gasteiger partial charge in [-0.3, -0.25) is 9.59 Å². The van der Waals surface area contributed by atoms with E-state index in [9.17, 15) is 9.59 Å². The average molecular weight is 449 g/mol. The van der Waals surface area contributed by atoms with Gasteiger partial charge in [-0.2, -0.15) is 0 Å². The van der Waals surface area contributed by atoms with Gasteiger partial charge in [-0.05, 0) is 68.9 Å². The summed E-state index contributed by atoms with van der Waals surface area (Å²) < 4.78 is 11.1. The molecule has 3 aromatic rings. The number of piperidine rings is 1. The Bertz CT molecular complexity index is 1140. The van der Waals surface area contributed by atoms with Crippen LogP contribution in [-0.4, -0.2) is 48.4 Å². The van der Waals surface area contributed by atoms with Gasteiger partial charge in [0.05, 0.1) is 13.7 Å². The molecule has 0 unspecified atom stereocenters. The number of Topliss-reactive ketones (excluding diaryl/α,β-unsaturated/α-hetero) is 1. The minimum absolute atomic E-state index is 0.0194. The van der Waals surface area contributed by atoms with E-state index in [1.807, 2.05) is 4.90 Å². The summed E-state index contributed by atoms with van der Waals surface area (Å²) in [6.45, 7) is 5.68. The lowest BCUT2D eigenvalue weighted by molar-refractivity contribution is -0.132. The summed E-state index contributed by atoms with van der Waals surface area (Å²) in [5, 5.41) is 1.31. The van der Waals surface area contributed by atoms with Gasteiger partial charge in [-0.1, -0.05) is 18.2 Å². The Morgan fingerprint density at radius 2 is 1.85 bits per heavy atom. The number of benzene rings is 2. The minimum Gasteiger partial charge on any atom is -0.493 e. The van der Waals surface area contributed by atoms with Crippen LogP contribution in [0.2, 0.25) is 0 Å². The molecular formula is C27H32N2O4.